The van der Waals surface area contributed by atoms with Crippen LogP contribution in [0.25, 0.3) is 0 Å². The average molecular weight is 509 g/mol. The van der Waals surface area contributed by atoms with Crippen LogP contribution in [0.15, 0.2) is 47.6 Å². The fourth-order valence-electron chi connectivity index (χ4n) is 3.04. The van der Waals surface area contributed by atoms with E-state index < -0.39 is 0 Å². The second-order valence-corrected chi connectivity index (χ2v) is 9.30. The molecule has 2 aromatic carbocycles. The van der Waals surface area contributed by atoms with Crippen LogP contribution in [0.3, 0.4) is 0 Å². The van der Waals surface area contributed by atoms with E-state index in [-0.39, 0.29) is 11.2 Å². The van der Waals surface area contributed by atoms with E-state index >= 15 is 0 Å². The first-order chi connectivity index (χ1) is 15.9. The predicted octanol–water partition coefficient (Wildman–Crippen LogP) is 5.74. The van der Waals surface area contributed by atoms with E-state index in [2.05, 4.69) is 15.5 Å². The minimum atomic E-state index is -0.343. The minimum absolute atomic E-state index is 0.106. The Kier molecular flexibility index (Phi) is 9.29. The molecule has 1 amide bonds. The van der Waals surface area contributed by atoms with Gasteiger partial charge in [0.15, 0.2) is 5.16 Å². The average Bonchev–Trinajstić information content (AvgIpc) is 3.19. The summed E-state index contributed by atoms with van der Waals surface area (Å²) >= 11 is 13.4. The zero-order valence-corrected chi connectivity index (χ0v) is 21.0. The van der Waals surface area contributed by atoms with Crippen molar-refractivity contribution in [1.82, 2.24) is 14.8 Å². The van der Waals surface area contributed by atoms with Crippen molar-refractivity contribution >= 4 is 46.6 Å². The maximum atomic E-state index is 12.6. The second-order valence-electron chi connectivity index (χ2n) is 7.15. The van der Waals surface area contributed by atoms with Gasteiger partial charge >= 0.3 is 0 Å². The number of halogens is 2. The number of thioether (sulfide) groups is 1. The molecule has 1 aromatic heterocycles. The Labute approximate surface area is 207 Å². The van der Waals surface area contributed by atoms with Gasteiger partial charge in [0, 0.05) is 23.7 Å². The van der Waals surface area contributed by atoms with Crippen LogP contribution in [0.2, 0.25) is 10.0 Å². The van der Waals surface area contributed by atoms with Gasteiger partial charge in [-0.2, -0.15) is 0 Å². The molecule has 0 aliphatic heterocycles. The number of hydrogen-bond donors (Lipinski definition) is 1. The molecule has 3 rings (SSSR count). The number of methoxy groups -OCH3 is 1. The lowest BCUT2D eigenvalue weighted by Crippen LogP contribution is -2.23. The van der Waals surface area contributed by atoms with Gasteiger partial charge in [0.2, 0.25) is 5.91 Å². The first kappa shape index (κ1) is 25.2. The summed E-state index contributed by atoms with van der Waals surface area (Å²) in [5.41, 5.74) is 0.715. The van der Waals surface area contributed by atoms with Crippen molar-refractivity contribution in [1.29, 1.82) is 0 Å². The molecule has 0 fully saturated rings. The van der Waals surface area contributed by atoms with Crippen molar-refractivity contribution < 1.29 is 14.3 Å². The number of rotatable bonds is 11. The van der Waals surface area contributed by atoms with Crippen LogP contribution in [-0.4, -0.2) is 39.6 Å². The van der Waals surface area contributed by atoms with Crippen molar-refractivity contribution in [2.75, 3.05) is 19.0 Å². The molecule has 10 heteroatoms. The lowest BCUT2D eigenvalue weighted by molar-refractivity contribution is -0.115. The highest BCUT2D eigenvalue weighted by atomic mass is 35.5. The summed E-state index contributed by atoms with van der Waals surface area (Å²) in [7, 11) is 1.60. The van der Waals surface area contributed by atoms with Crippen LogP contribution < -0.4 is 14.8 Å². The van der Waals surface area contributed by atoms with Crippen molar-refractivity contribution in [3.63, 3.8) is 0 Å². The van der Waals surface area contributed by atoms with Crippen LogP contribution in [0.1, 0.15) is 26.1 Å². The minimum Gasteiger partial charge on any atom is -0.497 e. The Balaban J connectivity index is 1.52. The third kappa shape index (κ3) is 7.03. The van der Waals surface area contributed by atoms with E-state index in [1.54, 1.807) is 49.6 Å². The fourth-order valence-corrected chi connectivity index (χ4v) is 4.44. The summed E-state index contributed by atoms with van der Waals surface area (Å²) in [6.07, 6.45) is 1.44. The number of carbonyl (C=O) groups excluding carboxylic acids is 1. The first-order valence-electron chi connectivity index (χ1n) is 10.5. The Morgan fingerprint density at radius 3 is 2.61 bits per heavy atom. The number of anilines is 1. The van der Waals surface area contributed by atoms with E-state index in [0.29, 0.717) is 46.2 Å². The predicted molar refractivity (Wildman–Crippen MR) is 133 cm³/mol. The Hall–Kier alpha value is -2.42. The number of benzene rings is 2. The number of amides is 1. The highest BCUT2D eigenvalue weighted by Gasteiger charge is 2.20. The lowest BCUT2D eigenvalue weighted by Gasteiger charge is -2.13. The summed E-state index contributed by atoms with van der Waals surface area (Å²) in [4.78, 5) is 12.6. The maximum Gasteiger partial charge on any atom is 0.237 e. The molecule has 1 heterocycles. The van der Waals surface area contributed by atoms with Gasteiger partial charge in [0.25, 0.3) is 0 Å². The summed E-state index contributed by atoms with van der Waals surface area (Å²) in [6.45, 7) is 5.08. The van der Waals surface area contributed by atoms with Crippen LogP contribution in [0.5, 0.6) is 11.5 Å². The Morgan fingerprint density at radius 2 is 1.94 bits per heavy atom. The molecule has 33 heavy (non-hydrogen) atoms. The third-order valence-electron chi connectivity index (χ3n) is 4.81. The third-order valence-corrected chi connectivity index (χ3v) is 6.43. The van der Waals surface area contributed by atoms with Crippen molar-refractivity contribution in [2.45, 2.75) is 43.6 Å². The zero-order chi connectivity index (χ0) is 23.8. The van der Waals surface area contributed by atoms with Gasteiger partial charge in [-0.3, -0.25) is 4.79 Å². The number of ether oxygens (including phenoxy) is 2. The summed E-state index contributed by atoms with van der Waals surface area (Å²) < 4.78 is 12.9. The van der Waals surface area contributed by atoms with Crippen molar-refractivity contribution in [3.8, 4) is 11.5 Å². The van der Waals surface area contributed by atoms with Gasteiger partial charge in [-0.05, 0) is 62.7 Å². The van der Waals surface area contributed by atoms with Gasteiger partial charge in [0.05, 0.1) is 24.0 Å². The number of nitrogens with one attached hydrogen (secondary N) is 1. The maximum absolute atomic E-state index is 12.6. The molecule has 0 unspecified atom stereocenters. The highest BCUT2D eigenvalue weighted by molar-refractivity contribution is 8.00. The van der Waals surface area contributed by atoms with E-state index in [1.165, 1.54) is 11.8 Å². The van der Waals surface area contributed by atoms with E-state index in [4.69, 9.17) is 32.7 Å². The van der Waals surface area contributed by atoms with Gasteiger partial charge in [0.1, 0.15) is 17.3 Å². The molecule has 0 aliphatic rings. The quantitative estimate of drug-likeness (QED) is 0.262. The van der Waals surface area contributed by atoms with Gasteiger partial charge in [-0.25, -0.2) is 0 Å². The van der Waals surface area contributed by atoms with Crippen LogP contribution in [0.4, 0.5) is 5.69 Å². The summed E-state index contributed by atoms with van der Waals surface area (Å²) in [5, 5.41) is 13.0. The summed E-state index contributed by atoms with van der Waals surface area (Å²) in [6, 6.07) is 12.4. The second kappa shape index (κ2) is 12.2. The normalized spacial score (nSPS) is 11.8. The molecule has 0 saturated carbocycles. The number of hydrogen-bond acceptors (Lipinski definition) is 6. The van der Waals surface area contributed by atoms with Crippen LogP contribution >= 0.6 is 35.0 Å². The molecular formula is C23H26Cl2N4O3S. The van der Waals surface area contributed by atoms with Crippen molar-refractivity contribution in [2.24, 2.45) is 0 Å². The summed E-state index contributed by atoms with van der Waals surface area (Å²) in [5.74, 6) is 2.09. The van der Waals surface area contributed by atoms with Gasteiger partial charge in [-0.1, -0.05) is 35.0 Å². The Bertz CT molecular complexity index is 1080. The smallest absolute Gasteiger partial charge is 0.237 e. The molecule has 0 bridgehead atoms. The molecule has 0 spiro atoms. The van der Waals surface area contributed by atoms with Crippen LogP contribution in [-0.2, 0) is 17.8 Å². The topological polar surface area (TPSA) is 78.3 Å². The lowest BCUT2D eigenvalue weighted by atomic mass is 10.3. The molecular weight excluding hydrogens is 483 g/mol. The molecule has 7 nitrogen and oxygen atoms in total. The number of carbonyl (C=O) groups is 1. The molecule has 1 N–H and O–H groups in total. The van der Waals surface area contributed by atoms with Crippen LogP contribution in [0, 0.1) is 0 Å². The van der Waals surface area contributed by atoms with Gasteiger partial charge < -0.3 is 19.4 Å². The molecule has 0 saturated heterocycles. The first-order valence-corrected chi connectivity index (χ1v) is 12.2. The molecule has 0 radical (unpaired) electrons. The molecule has 0 aliphatic carbocycles. The van der Waals surface area contributed by atoms with Crippen molar-refractivity contribution in [3.05, 3.63) is 58.3 Å². The standard InChI is InChI=1S/C23H26Cl2N4O3S/c1-4-29-21(6-5-13-32-20-12-7-16(24)14-19(20)25)27-28-23(29)33-15(2)22(30)26-17-8-10-18(31-3)11-9-17/h7-12,14-15H,4-6,13H2,1-3H3,(H,26,30)/t15-/m0/s1. The molecule has 3 aromatic rings. The van der Waals surface area contributed by atoms with E-state index in [1.807, 2.05) is 18.4 Å². The molecule has 1 atom stereocenters. The van der Waals surface area contributed by atoms with E-state index in [0.717, 1.165) is 18.0 Å². The molecule has 176 valence electrons. The van der Waals surface area contributed by atoms with E-state index in [9.17, 15) is 4.79 Å². The van der Waals surface area contributed by atoms with Gasteiger partial charge in [-0.15, -0.1) is 10.2 Å². The number of aromatic nitrogens is 3. The zero-order valence-electron chi connectivity index (χ0n) is 18.7. The highest BCUT2D eigenvalue weighted by Crippen LogP contribution is 2.28. The SMILES string of the molecule is CCn1c(CCCOc2ccc(Cl)cc2Cl)nnc1S[C@@H](C)C(=O)Nc1ccc(OC)cc1. The number of nitrogens with zero attached hydrogens (tertiary/aromatic N) is 3. The monoisotopic (exact) mass is 508 g/mol. The largest absolute Gasteiger partial charge is 0.497 e. The fraction of sp³-hybridized carbons (Fsp3) is 0.348. The number of aryl methyl sites for hydroxylation is 1. The Morgan fingerprint density at radius 1 is 1.18 bits per heavy atom.